The summed E-state index contributed by atoms with van der Waals surface area (Å²) in [4.78, 5) is 21.2. The van der Waals surface area contributed by atoms with Crippen LogP contribution < -0.4 is 4.74 Å². The zero-order chi connectivity index (χ0) is 22.9. The zero-order valence-corrected chi connectivity index (χ0v) is 16.9. The largest absolute Gasteiger partial charge is 0.475 e. The van der Waals surface area contributed by atoms with E-state index in [2.05, 4.69) is 9.97 Å². The second-order valence-electron chi connectivity index (χ2n) is 6.77. The molecule has 3 aromatic carbocycles. The number of ether oxygens (including phenoxy) is 1. The van der Waals surface area contributed by atoms with Crippen LogP contribution in [0.25, 0.3) is 11.0 Å². The third kappa shape index (κ3) is 4.27. The third-order valence-electron chi connectivity index (χ3n) is 4.66. The van der Waals surface area contributed by atoms with Crippen LogP contribution >= 0.6 is 11.6 Å². The van der Waals surface area contributed by atoms with Gasteiger partial charge in [-0.2, -0.15) is 13.2 Å². The molecular weight excluding hydrogens is 448 g/mol. The van der Waals surface area contributed by atoms with Gasteiger partial charge in [0.25, 0.3) is 0 Å². The average Bonchev–Trinajstić information content (AvgIpc) is 2.78. The number of alkyl halides is 3. The molecule has 32 heavy (non-hydrogen) atoms. The summed E-state index contributed by atoms with van der Waals surface area (Å²) in [6.45, 7) is 0. The highest BCUT2D eigenvalue weighted by atomic mass is 35.5. The lowest BCUT2D eigenvalue weighted by molar-refractivity contribution is -0.197. The topological polar surface area (TPSA) is 52.1 Å². The van der Waals surface area contributed by atoms with E-state index in [9.17, 15) is 22.4 Å². The Hall–Kier alpha value is -3.52. The average molecular weight is 461 g/mol. The van der Waals surface area contributed by atoms with Crippen LogP contribution in [0.4, 0.5) is 17.6 Å². The lowest BCUT2D eigenvalue weighted by Gasteiger charge is -2.23. The SMILES string of the molecule is O=C(c1ccc2nccnc2c1)c1c(F)ccc(OC(c2ccccc2)C(F)(F)F)c1Cl. The van der Waals surface area contributed by atoms with Gasteiger partial charge in [-0.25, -0.2) is 4.39 Å². The first kappa shape index (κ1) is 21.7. The summed E-state index contributed by atoms with van der Waals surface area (Å²) in [5, 5.41) is -0.556. The van der Waals surface area contributed by atoms with E-state index in [0.29, 0.717) is 11.0 Å². The van der Waals surface area contributed by atoms with Gasteiger partial charge in [-0.15, -0.1) is 0 Å². The standard InChI is InChI=1S/C23H13ClF4N2O2/c24-20-18(32-22(23(26,27)28)13-4-2-1-3-5-13)9-7-15(25)19(20)21(31)14-6-8-16-17(12-14)30-11-10-29-16/h1-12,22H. The molecule has 4 aromatic rings. The maximum Gasteiger partial charge on any atom is 0.429 e. The molecule has 0 aliphatic rings. The van der Waals surface area contributed by atoms with E-state index in [4.69, 9.17) is 16.3 Å². The van der Waals surface area contributed by atoms with Gasteiger partial charge in [-0.1, -0.05) is 41.9 Å². The summed E-state index contributed by atoms with van der Waals surface area (Å²) >= 11 is 6.18. The van der Waals surface area contributed by atoms with Crippen molar-refractivity contribution in [2.75, 3.05) is 0 Å². The highest BCUT2D eigenvalue weighted by molar-refractivity contribution is 6.36. The molecule has 0 radical (unpaired) electrons. The van der Waals surface area contributed by atoms with Crippen LogP contribution in [0, 0.1) is 5.82 Å². The fraction of sp³-hybridized carbons (Fsp3) is 0.0870. The number of hydrogen-bond acceptors (Lipinski definition) is 4. The van der Waals surface area contributed by atoms with Crippen LogP contribution in [-0.4, -0.2) is 21.9 Å². The molecule has 0 amide bonds. The van der Waals surface area contributed by atoms with Crippen molar-refractivity contribution >= 4 is 28.4 Å². The lowest BCUT2D eigenvalue weighted by atomic mass is 10.0. The van der Waals surface area contributed by atoms with E-state index in [1.165, 1.54) is 54.9 Å². The maximum absolute atomic E-state index is 14.6. The molecule has 0 saturated heterocycles. The first-order valence-electron chi connectivity index (χ1n) is 9.27. The fourth-order valence-corrected chi connectivity index (χ4v) is 3.44. The number of carbonyl (C=O) groups is 1. The van der Waals surface area contributed by atoms with Crippen molar-refractivity contribution < 1.29 is 27.1 Å². The zero-order valence-electron chi connectivity index (χ0n) is 16.1. The lowest BCUT2D eigenvalue weighted by Crippen LogP contribution is -2.26. The Morgan fingerprint density at radius 2 is 1.62 bits per heavy atom. The first-order chi connectivity index (χ1) is 15.3. The van der Waals surface area contributed by atoms with Gasteiger partial charge in [0, 0.05) is 23.5 Å². The van der Waals surface area contributed by atoms with Crippen LogP contribution in [0.15, 0.2) is 73.1 Å². The predicted molar refractivity (Wildman–Crippen MR) is 110 cm³/mol. The van der Waals surface area contributed by atoms with E-state index in [-0.39, 0.29) is 11.1 Å². The monoisotopic (exact) mass is 460 g/mol. The first-order valence-corrected chi connectivity index (χ1v) is 9.65. The molecule has 0 aliphatic carbocycles. The molecule has 1 aromatic heterocycles. The minimum Gasteiger partial charge on any atom is -0.475 e. The quantitative estimate of drug-likeness (QED) is 0.258. The number of halogens is 5. The summed E-state index contributed by atoms with van der Waals surface area (Å²) < 4.78 is 60.7. The third-order valence-corrected chi connectivity index (χ3v) is 5.03. The van der Waals surface area contributed by atoms with Gasteiger partial charge >= 0.3 is 6.18 Å². The number of rotatable bonds is 5. The van der Waals surface area contributed by atoms with E-state index in [1.807, 2.05) is 0 Å². The van der Waals surface area contributed by atoms with Crippen molar-refractivity contribution in [3.05, 3.63) is 101 Å². The molecule has 1 heterocycles. The summed E-state index contributed by atoms with van der Waals surface area (Å²) in [6, 6.07) is 13.1. The Balaban J connectivity index is 1.74. The van der Waals surface area contributed by atoms with Crippen molar-refractivity contribution in [3.8, 4) is 5.75 Å². The smallest absolute Gasteiger partial charge is 0.429 e. The molecule has 0 fully saturated rings. The number of nitrogens with zero attached hydrogens (tertiary/aromatic N) is 2. The van der Waals surface area contributed by atoms with Crippen LogP contribution in [0.5, 0.6) is 5.75 Å². The van der Waals surface area contributed by atoms with Gasteiger partial charge in [-0.3, -0.25) is 14.8 Å². The number of carbonyl (C=O) groups excluding carboxylic acids is 1. The van der Waals surface area contributed by atoms with Crippen LogP contribution in [0.1, 0.15) is 27.6 Å². The van der Waals surface area contributed by atoms with E-state index in [0.717, 1.165) is 12.1 Å². The van der Waals surface area contributed by atoms with E-state index < -0.39 is 40.2 Å². The highest BCUT2D eigenvalue weighted by Gasteiger charge is 2.43. The van der Waals surface area contributed by atoms with Crippen molar-refractivity contribution in [1.82, 2.24) is 9.97 Å². The van der Waals surface area contributed by atoms with Crippen LogP contribution in [-0.2, 0) is 0 Å². The molecule has 0 saturated carbocycles. The van der Waals surface area contributed by atoms with E-state index >= 15 is 0 Å². The molecule has 4 rings (SSSR count). The molecule has 0 N–H and O–H groups in total. The molecule has 162 valence electrons. The number of hydrogen-bond donors (Lipinski definition) is 0. The molecule has 4 nitrogen and oxygen atoms in total. The van der Waals surface area contributed by atoms with Gasteiger partial charge < -0.3 is 4.74 Å². The minimum atomic E-state index is -4.78. The van der Waals surface area contributed by atoms with Crippen molar-refractivity contribution in [1.29, 1.82) is 0 Å². The van der Waals surface area contributed by atoms with Gasteiger partial charge in [0.1, 0.15) is 11.6 Å². The van der Waals surface area contributed by atoms with Gasteiger partial charge in [0.2, 0.25) is 6.10 Å². The van der Waals surface area contributed by atoms with Gasteiger partial charge in [0.05, 0.1) is 21.6 Å². The maximum atomic E-state index is 14.6. The molecule has 0 spiro atoms. The predicted octanol–water partition coefficient (Wildman–Crippen LogP) is 6.34. The summed E-state index contributed by atoms with van der Waals surface area (Å²) in [6.07, 6.45) is -4.23. The summed E-state index contributed by atoms with van der Waals surface area (Å²) in [7, 11) is 0. The Kier molecular flexibility index (Phi) is 5.80. The number of fused-ring (bicyclic) bond motifs is 1. The molecule has 0 bridgehead atoms. The number of aromatic nitrogens is 2. The second kappa shape index (κ2) is 8.55. The number of ketones is 1. The fourth-order valence-electron chi connectivity index (χ4n) is 3.16. The molecular formula is C23H13ClF4N2O2. The van der Waals surface area contributed by atoms with Crippen LogP contribution in [0.3, 0.4) is 0 Å². The Labute approximate surface area is 184 Å². The second-order valence-corrected chi connectivity index (χ2v) is 7.15. The molecule has 0 aliphatic heterocycles. The van der Waals surface area contributed by atoms with Crippen molar-refractivity contribution in [2.45, 2.75) is 12.3 Å². The Morgan fingerprint density at radius 3 is 2.31 bits per heavy atom. The Morgan fingerprint density at radius 1 is 0.938 bits per heavy atom. The summed E-state index contributed by atoms with van der Waals surface area (Å²) in [5.41, 5.74) is 0.196. The van der Waals surface area contributed by atoms with Crippen molar-refractivity contribution in [2.24, 2.45) is 0 Å². The van der Waals surface area contributed by atoms with E-state index in [1.54, 1.807) is 6.07 Å². The van der Waals surface area contributed by atoms with Crippen molar-refractivity contribution in [3.63, 3.8) is 0 Å². The van der Waals surface area contributed by atoms with Crippen LogP contribution in [0.2, 0.25) is 5.02 Å². The van der Waals surface area contributed by atoms with Gasteiger partial charge in [-0.05, 0) is 30.3 Å². The Bertz CT molecular complexity index is 1300. The summed E-state index contributed by atoms with van der Waals surface area (Å²) in [5.74, 6) is -2.29. The molecule has 1 atom stereocenters. The minimum absolute atomic E-state index is 0.0476. The number of benzene rings is 3. The highest BCUT2D eigenvalue weighted by Crippen LogP contribution is 2.40. The molecule has 1 unspecified atom stereocenters. The molecule has 9 heteroatoms. The van der Waals surface area contributed by atoms with Gasteiger partial charge in [0.15, 0.2) is 5.78 Å². The normalized spacial score (nSPS) is 12.5.